The van der Waals surface area contributed by atoms with Gasteiger partial charge in [-0.25, -0.2) is 4.39 Å². The first-order valence-electron chi connectivity index (χ1n) is 9.66. The summed E-state index contributed by atoms with van der Waals surface area (Å²) in [4.78, 5) is 12.6. The highest BCUT2D eigenvalue weighted by atomic mass is 19.1. The van der Waals surface area contributed by atoms with E-state index in [1.54, 1.807) is 42.8 Å². The third-order valence-corrected chi connectivity index (χ3v) is 4.53. The molecule has 0 aliphatic heterocycles. The zero-order valence-corrected chi connectivity index (χ0v) is 17.3. The molecule has 1 aromatic carbocycles. The van der Waals surface area contributed by atoms with E-state index in [2.05, 4.69) is 0 Å². The summed E-state index contributed by atoms with van der Waals surface area (Å²) < 4.78 is 31.3. The molecule has 6 nitrogen and oxygen atoms in total. The molecule has 7 heteroatoms. The summed E-state index contributed by atoms with van der Waals surface area (Å²) in [6.07, 6.45) is 5.89. The van der Waals surface area contributed by atoms with Crippen molar-refractivity contribution < 1.29 is 23.7 Å². The van der Waals surface area contributed by atoms with Crippen molar-refractivity contribution in [2.75, 3.05) is 13.7 Å². The van der Waals surface area contributed by atoms with E-state index in [1.807, 2.05) is 12.2 Å². The Morgan fingerprint density at radius 2 is 1.90 bits per heavy atom. The lowest BCUT2D eigenvalue weighted by molar-refractivity contribution is -0.0000206. The topological polar surface area (TPSA) is 69.9 Å². The standard InChI is InChI=1S/C23H26FNO5/c1-23(2,27)15-30-20-9-8-18(12-21(20)28-3)25-11-10-19(13-22(25)26)29-14-16-4-6-17(24)7-5-16/h4-7,9-13,18,27H,8,14-15H2,1-3H3. The average molecular weight is 415 g/mol. The summed E-state index contributed by atoms with van der Waals surface area (Å²) in [7, 11) is 1.53. The molecular formula is C23H26FNO5. The van der Waals surface area contributed by atoms with Crippen molar-refractivity contribution in [2.45, 2.75) is 38.5 Å². The van der Waals surface area contributed by atoms with Crippen LogP contribution in [0.2, 0.25) is 0 Å². The Labute approximate surface area is 174 Å². The number of pyridine rings is 1. The molecule has 1 aliphatic rings. The maximum atomic E-state index is 13.0. The summed E-state index contributed by atoms with van der Waals surface area (Å²) in [6.45, 7) is 3.69. The molecule has 1 atom stereocenters. The molecule has 160 valence electrons. The predicted octanol–water partition coefficient (Wildman–Crippen LogP) is 3.71. The number of nitrogens with zero attached hydrogens (tertiary/aromatic N) is 1. The van der Waals surface area contributed by atoms with Gasteiger partial charge < -0.3 is 23.9 Å². The van der Waals surface area contributed by atoms with E-state index in [0.717, 1.165) is 5.56 Å². The number of benzene rings is 1. The molecular weight excluding hydrogens is 389 g/mol. The van der Waals surface area contributed by atoms with Gasteiger partial charge >= 0.3 is 0 Å². The molecule has 0 bridgehead atoms. The van der Waals surface area contributed by atoms with Crippen LogP contribution in [-0.2, 0) is 16.1 Å². The fourth-order valence-corrected chi connectivity index (χ4v) is 2.98. The molecule has 1 aromatic heterocycles. The molecule has 30 heavy (non-hydrogen) atoms. The zero-order chi connectivity index (χ0) is 21.7. The fourth-order valence-electron chi connectivity index (χ4n) is 2.98. The van der Waals surface area contributed by atoms with E-state index >= 15 is 0 Å². The molecule has 0 spiro atoms. The molecule has 1 N–H and O–H groups in total. The average Bonchev–Trinajstić information content (AvgIpc) is 2.71. The Morgan fingerprint density at radius 1 is 1.17 bits per heavy atom. The Kier molecular flexibility index (Phi) is 6.62. The molecule has 0 saturated heterocycles. The van der Waals surface area contributed by atoms with E-state index in [4.69, 9.17) is 14.2 Å². The fraction of sp³-hybridized carbons (Fsp3) is 0.348. The molecule has 2 aromatic rings. The second-order valence-electron chi connectivity index (χ2n) is 7.73. The van der Waals surface area contributed by atoms with E-state index in [0.29, 0.717) is 23.7 Å². The summed E-state index contributed by atoms with van der Waals surface area (Å²) >= 11 is 0. The van der Waals surface area contributed by atoms with Gasteiger partial charge in [-0.2, -0.15) is 0 Å². The van der Waals surface area contributed by atoms with Crippen LogP contribution in [-0.4, -0.2) is 29.0 Å². The molecule has 0 amide bonds. The monoisotopic (exact) mass is 415 g/mol. The van der Waals surface area contributed by atoms with Crippen molar-refractivity contribution in [3.05, 3.63) is 88.0 Å². The van der Waals surface area contributed by atoms with Crippen molar-refractivity contribution in [1.82, 2.24) is 4.57 Å². The van der Waals surface area contributed by atoms with Crippen molar-refractivity contribution in [3.63, 3.8) is 0 Å². The van der Waals surface area contributed by atoms with Crippen molar-refractivity contribution in [2.24, 2.45) is 0 Å². The maximum absolute atomic E-state index is 13.0. The van der Waals surface area contributed by atoms with Gasteiger partial charge in [0, 0.05) is 12.3 Å². The van der Waals surface area contributed by atoms with E-state index < -0.39 is 5.60 Å². The minimum atomic E-state index is -0.961. The third kappa shape index (κ3) is 5.73. The highest BCUT2D eigenvalue weighted by Gasteiger charge is 2.22. The van der Waals surface area contributed by atoms with Gasteiger partial charge in [0.25, 0.3) is 5.56 Å². The van der Waals surface area contributed by atoms with Crippen LogP contribution >= 0.6 is 0 Å². The second-order valence-corrected chi connectivity index (χ2v) is 7.73. The van der Waals surface area contributed by atoms with Crippen molar-refractivity contribution in [3.8, 4) is 5.75 Å². The van der Waals surface area contributed by atoms with Gasteiger partial charge in [-0.15, -0.1) is 0 Å². The maximum Gasteiger partial charge on any atom is 0.254 e. The Hall–Kier alpha value is -3.06. The van der Waals surface area contributed by atoms with Crippen molar-refractivity contribution >= 4 is 0 Å². The highest BCUT2D eigenvalue weighted by Crippen LogP contribution is 2.28. The first-order chi connectivity index (χ1) is 14.2. The van der Waals surface area contributed by atoms with Gasteiger partial charge in [0.05, 0.1) is 18.8 Å². The summed E-state index contributed by atoms with van der Waals surface area (Å²) in [5.74, 6) is 1.19. The number of rotatable bonds is 8. The Balaban J connectivity index is 1.67. The van der Waals surface area contributed by atoms with Gasteiger partial charge in [0.15, 0.2) is 11.5 Å². The lowest BCUT2D eigenvalue weighted by Crippen LogP contribution is -2.27. The predicted molar refractivity (Wildman–Crippen MR) is 111 cm³/mol. The lowest BCUT2D eigenvalue weighted by atomic mass is 10.1. The van der Waals surface area contributed by atoms with Crippen LogP contribution in [0, 0.1) is 5.82 Å². The van der Waals surface area contributed by atoms with Gasteiger partial charge in [-0.05, 0) is 56.2 Å². The van der Waals surface area contributed by atoms with Crippen LogP contribution in [0.25, 0.3) is 0 Å². The number of aromatic nitrogens is 1. The first kappa shape index (κ1) is 21.6. The third-order valence-electron chi connectivity index (χ3n) is 4.53. The van der Waals surface area contributed by atoms with Crippen molar-refractivity contribution in [1.29, 1.82) is 0 Å². The summed E-state index contributed by atoms with van der Waals surface area (Å²) in [6, 6.07) is 8.93. The van der Waals surface area contributed by atoms with Gasteiger partial charge in [0.2, 0.25) is 0 Å². The minimum absolute atomic E-state index is 0.129. The quantitative estimate of drug-likeness (QED) is 0.712. The van der Waals surface area contributed by atoms with Crippen LogP contribution in [0.5, 0.6) is 5.75 Å². The zero-order valence-electron chi connectivity index (χ0n) is 17.3. The van der Waals surface area contributed by atoms with E-state index in [1.165, 1.54) is 25.3 Å². The van der Waals surface area contributed by atoms with Gasteiger partial charge in [0.1, 0.15) is 24.8 Å². The number of ether oxygens (including phenoxy) is 3. The van der Waals surface area contributed by atoms with Crippen LogP contribution in [0.3, 0.4) is 0 Å². The Bertz CT molecular complexity index is 986. The number of hydrogen-bond donors (Lipinski definition) is 1. The number of halogens is 1. The summed E-state index contributed by atoms with van der Waals surface area (Å²) in [5, 5.41) is 9.84. The van der Waals surface area contributed by atoms with E-state index in [-0.39, 0.29) is 30.6 Å². The van der Waals surface area contributed by atoms with Crippen LogP contribution in [0.15, 0.2) is 71.1 Å². The largest absolute Gasteiger partial charge is 0.493 e. The highest BCUT2D eigenvalue weighted by molar-refractivity contribution is 5.28. The molecule has 1 unspecified atom stereocenters. The SMILES string of the molecule is COC1=CC(n2ccc(OCc3ccc(F)cc3)cc2=O)CC=C1OCC(C)(C)O. The Morgan fingerprint density at radius 3 is 2.53 bits per heavy atom. The molecule has 1 aliphatic carbocycles. The normalized spacial score (nSPS) is 16.5. The van der Waals surface area contributed by atoms with Crippen LogP contribution in [0.1, 0.15) is 31.9 Å². The molecule has 0 radical (unpaired) electrons. The molecule has 3 rings (SSSR count). The van der Waals surface area contributed by atoms with E-state index in [9.17, 15) is 14.3 Å². The molecule has 0 fully saturated rings. The molecule has 0 saturated carbocycles. The van der Waals surface area contributed by atoms with Crippen LogP contribution < -0.4 is 10.3 Å². The second kappa shape index (κ2) is 9.17. The number of methoxy groups -OCH3 is 1. The molecule has 1 heterocycles. The smallest absolute Gasteiger partial charge is 0.254 e. The minimum Gasteiger partial charge on any atom is -0.493 e. The van der Waals surface area contributed by atoms with Crippen LogP contribution in [0.4, 0.5) is 4.39 Å². The number of allylic oxidation sites excluding steroid dienone is 2. The summed E-state index contributed by atoms with van der Waals surface area (Å²) in [5.41, 5.74) is -0.362. The lowest BCUT2D eigenvalue weighted by Gasteiger charge is -2.25. The first-order valence-corrected chi connectivity index (χ1v) is 9.66. The van der Waals surface area contributed by atoms with Gasteiger partial charge in [-0.1, -0.05) is 12.1 Å². The number of hydrogen-bond acceptors (Lipinski definition) is 5. The van der Waals surface area contributed by atoms with Gasteiger partial charge in [-0.3, -0.25) is 4.79 Å². The number of aliphatic hydroxyl groups is 1.